The van der Waals surface area contributed by atoms with Crippen LogP contribution in [0.4, 0.5) is 14.6 Å². The van der Waals surface area contributed by atoms with Gasteiger partial charge in [-0.05, 0) is 69.2 Å². The lowest BCUT2D eigenvalue weighted by Gasteiger charge is -2.20. The molecule has 0 radical (unpaired) electrons. The number of aryl methyl sites for hydroxylation is 3. The van der Waals surface area contributed by atoms with Crippen molar-refractivity contribution in [1.29, 1.82) is 0 Å². The Morgan fingerprint density at radius 3 is 2.68 bits per heavy atom. The number of nitrogens with zero attached hydrogens (tertiary/aromatic N) is 4. The van der Waals surface area contributed by atoms with Gasteiger partial charge in [0, 0.05) is 18.5 Å². The number of alkyl halides is 1. The fraction of sp³-hybridized carbons (Fsp3) is 0.522. The normalized spacial score (nSPS) is 16.4. The molecule has 0 saturated carbocycles. The molecule has 1 aromatic carbocycles. The first-order chi connectivity index (χ1) is 15.8. The van der Waals surface area contributed by atoms with Crippen molar-refractivity contribution >= 4 is 27.0 Å². The minimum Gasteiger partial charge on any atom is -0.382 e. The maximum Gasteiger partial charge on any atom is 0.312 e. The second-order valence-electron chi connectivity index (χ2n) is 9.91. The van der Waals surface area contributed by atoms with Crippen molar-refractivity contribution < 1.29 is 17.2 Å². The Morgan fingerprint density at radius 1 is 1.24 bits per heavy atom. The molecule has 3 aromatic rings. The lowest BCUT2D eigenvalue weighted by molar-refractivity contribution is 0.343. The summed E-state index contributed by atoms with van der Waals surface area (Å²) in [6, 6.07) is 3.88. The van der Waals surface area contributed by atoms with Gasteiger partial charge in [-0.2, -0.15) is 14.4 Å². The van der Waals surface area contributed by atoms with Gasteiger partial charge in [0.15, 0.2) is 17.0 Å². The number of nitrogen functional groups attached to an aromatic ring is 1. The van der Waals surface area contributed by atoms with E-state index >= 15 is 0 Å². The minimum absolute atomic E-state index is 0.0842. The number of hydrogen-bond acceptors (Lipinski definition) is 6. The SMILES string of the molecule is Cc1cc2c(cc1Cc1nc3c(N)nc(F)nc3n1CCCS(=O)(=O)NC(C)(C)C)C(F)CC2. The quantitative estimate of drug-likeness (QED) is 0.488. The smallest absolute Gasteiger partial charge is 0.312 e. The Morgan fingerprint density at radius 2 is 1.97 bits per heavy atom. The van der Waals surface area contributed by atoms with Crippen molar-refractivity contribution in [2.75, 3.05) is 11.5 Å². The Balaban J connectivity index is 1.67. The van der Waals surface area contributed by atoms with Crippen molar-refractivity contribution in [3.8, 4) is 0 Å². The van der Waals surface area contributed by atoms with Crippen molar-refractivity contribution in [3.63, 3.8) is 0 Å². The summed E-state index contributed by atoms with van der Waals surface area (Å²) in [6.07, 6.45) is -0.155. The van der Waals surface area contributed by atoms with Crippen LogP contribution in [0.5, 0.6) is 0 Å². The number of nitrogens with one attached hydrogen (secondary N) is 1. The molecule has 11 heteroatoms. The monoisotopic (exact) mass is 492 g/mol. The first-order valence-electron chi connectivity index (χ1n) is 11.3. The van der Waals surface area contributed by atoms with Crippen LogP contribution < -0.4 is 10.5 Å². The van der Waals surface area contributed by atoms with Crippen LogP contribution in [0.1, 0.15) is 67.9 Å². The van der Waals surface area contributed by atoms with E-state index in [0.29, 0.717) is 24.2 Å². The molecule has 8 nitrogen and oxygen atoms in total. The molecule has 3 N–H and O–H groups in total. The van der Waals surface area contributed by atoms with Crippen LogP contribution in [0.2, 0.25) is 0 Å². The van der Waals surface area contributed by atoms with E-state index in [0.717, 1.165) is 23.1 Å². The van der Waals surface area contributed by atoms with Crippen LogP contribution in [0.25, 0.3) is 11.2 Å². The number of halogens is 2. The number of imidazole rings is 1. The Hall–Kier alpha value is -2.66. The molecule has 0 aliphatic heterocycles. The highest BCUT2D eigenvalue weighted by atomic mass is 32.2. The summed E-state index contributed by atoms with van der Waals surface area (Å²) in [6.45, 7) is 7.52. The molecule has 4 rings (SSSR count). The van der Waals surface area contributed by atoms with Crippen LogP contribution >= 0.6 is 0 Å². The Kier molecular flexibility index (Phi) is 6.36. The van der Waals surface area contributed by atoms with Crippen LogP contribution in [0.15, 0.2) is 12.1 Å². The molecule has 0 fully saturated rings. The molecular formula is C23H30F2N6O2S. The summed E-state index contributed by atoms with van der Waals surface area (Å²) in [5, 5.41) is 0. The topological polar surface area (TPSA) is 116 Å². The molecule has 0 spiro atoms. The van der Waals surface area contributed by atoms with Gasteiger partial charge >= 0.3 is 6.08 Å². The lowest BCUT2D eigenvalue weighted by Crippen LogP contribution is -2.41. The van der Waals surface area contributed by atoms with E-state index in [1.54, 1.807) is 25.3 Å². The number of hydrogen-bond donors (Lipinski definition) is 2. The van der Waals surface area contributed by atoms with Crippen LogP contribution in [-0.2, 0) is 29.4 Å². The molecule has 2 aromatic heterocycles. The van der Waals surface area contributed by atoms with Crippen molar-refractivity contribution in [2.45, 2.75) is 71.6 Å². The molecule has 0 amide bonds. The molecule has 184 valence electrons. The van der Waals surface area contributed by atoms with Crippen molar-refractivity contribution in [2.24, 2.45) is 0 Å². The average molecular weight is 493 g/mol. The second-order valence-corrected chi connectivity index (χ2v) is 11.8. The molecule has 2 heterocycles. The highest BCUT2D eigenvalue weighted by Crippen LogP contribution is 2.36. The molecule has 0 saturated heterocycles. The average Bonchev–Trinajstić information content (AvgIpc) is 3.21. The summed E-state index contributed by atoms with van der Waals surface area (Å²) in [5.41, 5.74) is 9.41. The molecule has 1 atom stereocenters. The zero-order valence-electron chi connectivity index (χ0n) is 19.8. The predicted molar refractivity (Wildman–Crippen MR) is 127 cm³/mol. The number of nitrogens with two attached hydrogens (primary N) is 1. The summed E-state index contributed by atoms with van der Waals surface area (Å²) < 4.78 is 57.5. The first-order valence-corrected chi connectivity index (χ1v) is 12.9. The molecular weight excluding hydrogens is 462 g/mol. The minimum atomic E-state index is -3.51. The van der Waals surface area contributed by atoms with E-state index in [-0.39, 0.29) is 35.7 Å². The molecule has 1 unspecified atom stereocenters. The van der Waals surface area contributed by atoms with Crippen molar-refractivity contribution in [3.05, 3.63) is 46.3 Å². The van der Waals surface area contributed by atoms with Crippen LogP contribution in [0, 0.1) is 13.0 Å². The van der Waals surface area contributed by atoms with E-state index in [1.807, 2.05) is 19.1 Å². The number of benzene rings is 1. The predicted octanol–water partition coefficient (Wildman–Crippen LogP) is 3.51. The number of fused-ring (bicyclic) bond motifs is 2. The van der Waals surface area contributed by atoms with Gasteiger partial charge in [-0.15, -0.1) is 0 Å². The van der Waals surface area contributed by atoms with Gasteiger partial charge < -0.3 is 10.3 Å². The standard InChI is InChI=1S/C23H30F2N6O2S/c1-13-10-14-6-7-17(24)16(14)11-15(13)12-18-27-19-20(26)28-22(25)29-21(19)31(18)8-5-9-34(32,33)30-23(2,3)4/h10-11,17,30H,5-9,12H2,1-4H3,(H2,26,28,29). The maximum absolute atomic E-state index is 14.3. The number of aromatic nitrogens is 4. The fourth-order valence-electron chi connectivity index (χ4n) is 4.48. The van der Waals surface area contributed by atoms with Gasteiger partial charge in [0.1, 0.15) is 12.0 Å². The van der Waals surface area contributed by atoms with E-state index in [1.165, 1.54) is 0 Å². The Bertz CT molecular complexity index is 1350. The Labute approximate surface area is 198 Å². The summed E-state index contributed by atoms with van der Waals surface area (Å²) >= 11 is 0. The first kappa shape index (κ1) is 24.5. The second kappa shape index (κ2) is 8.84. The summed E-state index contributed by atoms with van der Waals surface area (Å²) in [5.74, 6) is 0.339. The van der Waals surface area contributed by atoms with Crippen molar-refractivity contribution in [1.82, 2.24) is 24.2 Å². The van der Waals surface area contributed by atoms with Gasteiger partial charge in [0.05, 0.1) is 5.75 Å². The molecule has 0 bridgehead atoms. The number of anilines is 1. The van der Waals surface area contributed by atoms with Crippen LogP contribution in [0.3, 0.4) is 0 Å². The van der Waals surface area contributed by atoms with Gasteiger partial charge in [0.2, 0.25) is 10.0 Å². The van der Waals surface area contributed by atoms with E-state index in [4.69, 9.17) is 5.73 Å². The van der Waals surface area contributed by atoms with E-state index in [9.17, 15) is 17.2 Å². The van der Waals surface area contributed by atoms with Gasteiger partial charge in [-0.25, -0.2) is 22.5 Å². The summed E-state index contributed by atoms with van der Waals surface area (Å²) in [7, 11) is -3.51. The highest BCUT2D eigenvalue weighted by molar-refractivity contribution is 7.89. The third-order valence-corrected chi connectivity index (χ3v) is 7.63. The largest absolute Gasteiger partial charge is 0.382 e. The third kappa shape index (κ3) is 5.20. The summed E-state index contributed by atoms with van der Waals surface area (Å²) in [4.78, 5) is 12.0. The molecule has 1 aliphatic carbocycles. The zero-order valence-corrected chi connectivity index (χ0v) is 20.6. The number of rotatable bonds is 7. The zero-order chi connectivity index (χ0) is 24.8. The van der Waals surface area contributed by atoms with Gasteiger partial charge in [-0.3, -0.25) is 0 Å². The van der Waals surface area contributed by atoms with Gasteiger partial charge in [-0.1, -0.05) is 12.1 Å². The molecule has 34 heavy (non-hydrogen) atoms. The van der Waals surface area contributed by atoms with Gasteiger partial charge in [0.25, 0.3) is 0 Å². The maximum atomic E-state index is 14.3. The van der Waals surface area contributed by atoms with Crippen LogP contribution in [-0.4, -0.2) is 39.2 Å². The highest BCUT2D eigenvalue weighted by Gasteiger charge is 2.25. The van der Waals surface area contributed by atoms with E-state index in [2.05, 4.69) is 19.7 Å². The molecule has 1 aliphatic rings. The fourth-order valence-corrected chi connectivity index (χ4v) is 6.02. The van der Waals surface area contributed by atoms with E-state index < -0.39 is 27.8 Å². The third-order valence-electron chi connectivity index (χ3n) is 5.88. The number of sulfonamides is 1. The lowest BCUT2D eigenvalue weighted by atomic mass is 9.98.